The number of aromatic amines is 1. The lowest BCUT2D eigenvalue weighted by Gasteiger charge is -1.98. The van der Waals surface area contributed by atoms with Gasteiger partial charge in [-0.2, -0.15) is 5.10 Å². The SMILES string of the molecule is Nc1[nH]nc2nc(-c3cccnc3)ccc12. The minimum absolute atomic E-state index is 0.542. The zero-order valence-electron chi connectivity index (χ0n) is 8.38. The summed E-state index contributed by atoms with van der Waals surface area (Å²) in [7, 11) is 0. The van der Waals surface area contributed by atoms with Crippen molar-refractivity contribution in [2.24, 2.45) is 0 Å². The van der Waals surface area contributed by atoms with Crippen LogP contribution in [0.1, 0.15) is 0 Å². The Morgan fingerprint density at radius 1 is 1.19 bits per heavy atom. The molecule has 3 N–H and O–H groups in total. The van der Waals surface area contributed by atoms with E-state index in [-0.39, 0.29) is 0 Å². The smallest absolute Gasteiger partial charge is 0.183 e. The van der Waals surface area contributed by atoms with Crippen LogP contribution in [0.5, 0.6) is 0 Å². The van der Waals surface area contributed by atoms with E-state index in [4.69, 9.17) is 5.73 Å². The maximum absolute atomic E-state index is 5.69. The first-order chi connectivity index (χ1) is 7.84. The molecule has 0 aliphatic rings. The summed E-state index contributed by atoms with van der Waals surface area (Å²) in [6.45, 7) is 0. The Morgan fingerprint density at radius 2 is 2.12 bits per heavy atom. The number of nitrogens with one attached hydrogen (secondary N) is 1. The van der Waals surface area contributed by atoms with Gasteiger partial charge in [0.15, 0.2) is 5.65 Å². The Balaban J connectivity index is 2.19. The molecule has 0 saturated heterocycles. The number of aromatic nitrogens is 4. The molecule has 16 heavy (non-hydrogen) atoms. The average molecular weight is 211 g/mol. The number of rotatable bonds is 1. The molecule has 3 aromatic heterocycles. The second-order valence-corrected chi connectivity index (χ2v) is 3.45. The third-order valence-electron chi connectivity index (χ3n) is 2.40. The van der Waals surface area contributed by atoms with Crippen LogP contribution in [0.25, 0.3) is 22.3 Å². The number of H-pyrrole nitrogens is 1. The van der Waals surface area contributed by atoms with Crippen LogP contribution in [0.2, 0.25) is 0 Å². The highest BCUT2D eigenvalue weighted by Crippen LogP contribution is 2.21. The Labute approximate surface area is 91.3 Å². The van der Waals surface area contributed by atoms with Crippen LogP contribution in [-0.2, 0) is 0 Å². The van der Waals surface area contributed by atoms with Gasteiger partial charge in [0.05, 0.1) is 11.1 Å². The van der Waals surface area contributed by atoms with Gasteiger partial charge in [-0.05, 0) is 24.3 Å². The first-order valence-electron chi connectivity index (χ1n) is 4.85. The van der Waals surface area contributed by atoms with Gasteiger partial charge in [-0.25, -0.2) is 4.98 Å². The highest BCUT2D eigenvalue weighted by molar-refractivity contribution is 5.87. The monoisotopic (exact) mass is 211 g/mol. The Morgan fingerprint density at radius 3 is 2.94 bits per heavy atom. The largest absolute Gasteiger partial charge is 0.384 e. The molecule has 5 heteroatoms. The average Bonchev–Trinajstić information content (AvgIpc) is 2.72. The van der Waals surface area contributed by atoms with E-state index in [0.717, 1.165) is 16.6 Å². The van der Waals surface area contributed by atoms with Crippen LogP contribution < -0.4 is 5.73 Å². The van der Waals surface area contributed by atoms with Crippen molar-refractivity contribution in [1.29, 1.82) is 0 Å². The summed E-state index contributed by atoms with van der Waals surface area (Å²) in [5.41, 5.74) is 8.12. The van der Waals surface area contributed by atoms with E-state index < -0.39 is 0 Å². The third-order valence-corrected chi connectivity index (χ3v) is 2.40. The zero-order chi connectivity index (χ0) is 11.0. The van der Waals surface area contributed by atoms with Gasteiger partial charge in [-0.1, -0.05) is 0 Å². The number of nitrogen functional groups attached to an aromatic ring is 1. The summed E-state index contributed by atoms with van der Waals surface area (Å²) in [5.74, 6) is 0.542. The quantitative estimate of drug-likeness (QED) is 0.640. The van der Waals surface area contributed by atoms with Gasteiger partial charge >= 0.3 is 0 Å². The van der Waals surface area contributed by atoms with Gasteiger partial charge in [-0.15, -0.1) is 0 Å². The molecule has 0 aromatic carbocycles. The molecule has 0 unspecified atom stereocenters. The molecule has 0 atom stereocenters. The van der Waals surface area contributed by atoms with Crippen LogP contribution in [0.15, 0.2) is 36.7 Å². The van der Waals surface area contributed by atoms with Crippen molar-refractivity contribution in [3.8, 4) is 11.3 Å². The van der Waals surface area contributed by atoms with Crippen LogP contribution >= 0.6 is 0 Å². The summed E-state index contributed by atoms with van der Waals surface area (Å²) in [5, 5.41) is 7.57. The highest BCUT2D eigenvalue weighted by atomic mass is 15.2. The van der Waals surface area contributed by atoms with Gasteiger partial charge in [0.1, 0.15) is 5.82 Å². The molecule has 78 valence electrons. The lowest BCUT2D eigenvalue weighted by molar-refractivity contribution is 1.10. The molecule has 5 nitrogen and oxygen atoms in total. The molecule has 0 spiro atoms. The summed E-state index contributed by atoms with van der Waals surface area (Å²) in [6, 6.07) is 7.64. The first-order valence-corrected chi connectivity index (χ1v) is 4.85. The van der Waals surface area contributed by atoms with E-state index in [1.165, 1.54) is 0 Å². The van der Waals surface area contributed by atoms with E-state index in [2.05, 4.69) is 20.2 Å². The normalized spacial score (nSPS) is 10.8. The van der Waals surface area contributed by atoms with Crippen molar-refractivity contribution >= 4 is 16.9 Å². The minimum Gasteiger partial charge on any atom is -0.384 e. The van der Waals surface area contributed by atoms with Gasteiger partial charge < -0.3 is 5.73 Å². The summed E-state index contributed by atoms with van der Waals surface area (Å²) in [6.07, 6.45) is 3.50. The number of nitrogens with two attached hydrogens (primary N) is 1. The number of pyridine rings is 2. The fourth-order valence-corrected chi connectivity index (χ4v) is 1.59. The molecule has 3 heterocycles. The number of hydrogen-bond acceptors (Lipinski definition) is 4. The van der Waals surface area contributed by atoms with Crippen molar-refractivity contribution in [3.63, 3.8) is 0 Å². The molecular weight excluding hydrogens is 202 g/mol. The van der Waals surface area contributed by atoms with Gasteiger partial charge in [0, 0.05) is 18.0 Å². The zero-order valence-corrected chi connectivity index (χ0v) is 8.38. The Hall–Kier alpha value is -2.43. The number of anilines is 1. The number of hydrogen-bond donors (Lipinski definition) is 2. The van der Waals surface area contributed by atoms with Gasteiger partial charge in [0.2, 0.25) is 0 Å². The first kappa shape index (κ1) is 8.84. The van der Waals surface area contributed by atoms with Gasteiger partial charge in [-0.3, -0.25) is 10.1 Å². The molecule has 0 aliphatic carbocycles. The van der Waals surface area contributed by atoms with E-state index in [1.807, 2.05) is 24.3 Å². The van der Waals surface area contributed by atoms with Crippen molar-refractivity contribution in [1.82, 2.24) is 20.2 Å². The van der Waals surface area contributed by atoms with Crippen LogP contribution in [-0.4, -0.2) is 20.2 Å². The maximum Gasteiger partial charge on any atom is 0.183 e. The van der Waals surface area contributed by atoms with Crippen LogP contribution in [0, 0.1) is 0 Å². The van der Waals surface area contributed by atoms with Crippen molar-refractivity contribution in [2.45, 2.75) is 0 Å². The summed E-state index contributed by atoms with van der Waals surface area (Å²) >= 11 is 0. The number of fused-ring (bicyclic) bond motifs is 1. The predicted molar refractivity (Wildman–Crippen MR) is 61.5 cm³/mol. The Kier molecular flexibility index (Phi) is 1.83. The lowest BCUT2D eigenvalue weighted by Crippen LogP contribution is -1.86. The van der Waals surface area contributed by atoms with Crippen molar-refractivity contribution in [2.75, 3.05) is 5.73 Å². The molecule has 0 amide bonds. The van der Waals surface area contributed by atoms with E-state index in [9.17, 15) is 0 Å². The molecule has 0 radical (unpaired) electrons. The van der Waals surface area contributed by atoms with Crippen molar-refractivity contribution in [3.05, 3.63) is 36.7 Å². The highest BCUT2D eigenvalue weighted by Gasteiger charge is 2.05. The lowest BCUT2D eigenvalue weighted by atomic mass is 10.2. The standard InChI is InChI=1S/C11H9N5/c12-10-8-3-4-9(14-11(8)16-15-10)7-2-1-5-13-6-7/h1-6H,(H3,12,14,15,16). The molecule has 0 aliphatic heterocycles. The summed E-state index contributed by atoms with van der Waals surface area (Å²) < 4.78 is 0. The topological polar surface area (TPSA) is 80.5 Å². The van der Waals surface area contributed by atoms with Crippen molar-refractivity contribution < 1.29 is 0 Å². The fourth-order valence-electron chi connectivity index (χ4n) is 1.59. The predicted octanol–water partition coefficient (Wildman–Crippen LogP) is 1.60. The molecule has 0 bridgehead atoms. The molecule has 0 fully saturated rings. The maximum atomic E-state index is 5.69. The van der Waals surface area contributed by atoms with E-state index >= 15 is 0 Å². The molecule has 3 rings (SSSR count). The molecular formula is C11H9N5. The van der Waals surface area contributed by atoms with E-state index in [0.29, 0.717) is 11.5 Å². The Bertz CT molecular complexity index is 629. The van der Waals surface area contributed by atoms with Gasteiger partial charge in [0.25, 0.3) is 0 Å². The second-order valence-electron chi connectivity index (χ2n) is 3.45. The van der Waals surface area contributed by atoms with E-state index in [1.54, 1.807) is 12.4 Å². The summed E-state index contributed by atoms with van der Waals surface area (Å²) in [4.78, 5) is 8.46. The molecule has 3 aromatic rings. The molecule has 0 saturated carbocycles. The van der Waals surface area contributed by atoms with Crippen LogP contribution in [0.4, 0.5) is 5.82 Å². The third kappa shape index (κ3) is 1.30. The fraction of sp³-hybridized carbons (Fsp3) is 0. The minimum atomic E-state index is 0.542. The number of nitrogens with zero attached hydrogens (tertiary/aromatic N) is 3. The van der Waals surface area contributed by atoms with Crippen LogP contribution in [0.3, 0.4) is 0 Å². The second kappa shape index (κ2) is 3.30.